The quantitative estimate of drug-likeness (QED) is 0.623. The molecule has 2 aromatic rings. The van der Waals surface area contributed by atoms with E-state index in [-0.39, 0.29) is 36.0 Å². The van der Waals surface area contributed by atoms with Crippen molar-refractivity contribution in [3.05, 3.63) is 39.7 Å². The van der Waals surface area contributed by atoms with Crippen molar-refractivity contribution in [3.63, 3.8) is 0 Å². The first-order valence-electron chi connectivity index (χ1n) is 7.73. The molecule has 3 rings (SSSR count). The minimum atomic E-state index is -0.459. The van der Waals surface area contributed by atoms with Crippen molar-refractivity contribution in [3.8, 4) is 0 Å². The van der Waals surface area contributed by atoms with Gasteiger partial charge in [0.15, 0.2) is 5.78 Å². The van der Waals surface area contributed by atoms with E-state index in [1.165, 1.54) is 6.92 Å². The van der Waals surface area contributed by atoms with Crippen molar-refractivity contribution < 1.29 is 14.3 Å². The molecule has 0 aliphatic heterocycles. The van der Waals surface area contributed by atoms with Crippen molar-refractivity contribution in [2.45, 2.75) is 39.2 Å². The molecular weight excluding hydrogens is 296 g/mol. The first kappa shape index (κ1) is 15.4. The molecule has 0 unspecified atom stereocenters. The Morgan fingerprint density at radius 1 is 1.35 bits per heavy atom. The Labute approximate surface area is 133 Å². The average molecular weight is 314 g/mol. The van der Waals surface area contributed by atoms with Crippen LogP contribution in [0.3, 0.4) is 0 Å². The second-order valence-corrected chi connectivity index (χ2v) is 5.72. The van der Waals surface area contributed by atoms with Gasteiger partial charge in [0.1, 0.15) is 5.69 Å². The van der Waals surface area contributed by atoms with Gasteiger partial charge in [-0.05, 0) is 38.8 Å². The lowest BCUT2D eigenvalue weighted by Gasteiger charge is -2.12. The van der Waals surface area contributed by atoms with Gasteiger partial charge >= 0.3 is 5.97 Å². The third-order valence-corrected chi connectivity index (χ3v) is 3.90. The molecule has 1 aromatic heterocycles. The number of fused-ring (bicyclic) bond motifs is 1. The lowest BCUT2D eigenvalue weighted by Crippen LogP contribution is -2.22. The summed E-state index contributed by atoms with van der Waals surface area (Å²) in [4.78, 5) is 35.8. The number of hydrogen-bond donors (Lipinski definition) is 0. The number of carbonyl (C=O) groups is 2. The predicted octanol–water partition coefficient (Wildman–Crippen LogP) is 2.04. The molecule has 0 bridgehead atoms. The fourth-order valence-corrected chi connectivity index (χ4v) is 2.58. The second kappa shape index (κ2) is 5.95. The number of aromatic nitrogens is 2. The van der Waals surface area contributed by atoms with E-state index in [4.69, 9.17) is 4.74 Å². The van der Waals surface area contributed by atoms with Gasteiger partial charge in [-0.25, -0.2) is 0 Å². The zero-order valence-electron chi connectivity index (χ0n) is 13.2. The Balaban J connectivity index is 2.15. The summed E-state index contributed by atoms with van der Waals surface area (Å²) in [5.74, 6) is -0.517. The van der Waals surface area contributed by atoms with E-state index in [0.717, 1.165) is 12.8 Å². The number of esters is 1. The SMILES string of the molecule is CCOC(=O)Cc1nn(C2CC2)c2cc(C(C)=O)ccc2c1=O. The molecule has 1 aromatic carbocycles. The molecular formula is C17H18N2O4. The number of Topliss-reactive ketones (excluding diaryl/α,β-unsaturated/α-hetero) is 1. The van der Waals surface area contributed by atoms with E-state index < -0.39 is 5.97 Å². The summed E-state index contributed by atoms with van der Waals surface area (Å²) < 4.78 is 6.68. The highest BCUT2D eigenvalue weighted by molar-refractivity contribution is 5.97. The molecule has 0 amide bonds. The van der Waals surface area contributed by atoms with Gasteiger partial charge < -0.3 is 4.74 Å². The highest BCUT2D eigenvalue weighted by Gasteiger charge is 2.27. The lowest BCUT2D eigenvalue weighted by molar-refractivity contribution is -0.142. The Kier molecular flexibility index (Phi) is 3.98. The Hall–Kier alpha value is -2.50. The van der Waals surface area contributed by atoms with Crippen LogP contribution in [-0.4, -0.2) is 28.1 Å². The van der Waals surface area contributed by atoms with E-state index in [1.807, 2.05) is 0 Å². The molecule has 6 nitrogen and oxygen atoms in total. The van der Waals surface area contributed by atoms with E-state index in [0.29, 0.717) is 16.5 Å². The first-order chi connectivity index (χ1) is 11.0. The fraction of sp³-hybridized carbons (Fsp3) is 0.412. The van der Waals surface area contributed by atoms with E-state index in [2.05, 4.69) is 5.10 Å². The molecule has 0 saturated heterocycles. The minimum Gasteiger partial charge on any atom is -0.466 e. The molecule has 1 fully saturated rings. The summed E-state index contributed by atoms with van der Waals surface area (Å²) in [5.41, 5.74) is 1.11. The highest BCUT2D eigenvalue weighted by Crippen LogP contribution is 2.36. The molecule has 23 heavy (non-hydrogen) atoms. The van der Waals surface area contributed by atoms with Crippen LogP contribution in [0.1, 0.15) is 48.8 Å². The number of carbonyl (C=O) groups excluding carboxylic acids is 2. The van der Waals surface area contributed by atoms with E-state index in [1.54, 1.807) is 29.8 Å². The van der Waals surface area contributed by atoms with Crippen molar-refractivity contribution in [2.24, 2.45) is 0 Å². The summed E-state index contributed by atoms with van der Waals surface area (Å²) in [5, 5.41) is 4.86. The summed E-state index contributed by atoms with van der Waals surface area (Å²) in [7, 11) is 0. The highest BCUT2D eigenvalue weighted by atomic mass is 16.5. The van der Waals surface area contributed by atoms with Crippen LogP contribution in [0.5, 0.6) is 0 Å². The third-order valence-electron chi connectivity index (χ3n) is 3.90. The summed E-state index contributed by atoms with van der Waals surface area (Å²) in [6, 6.07) is 5.21. The van der Waals surface area contributed by atoms with Crippen LogP contribution >= 0.6 is 0 Å². The summed E-state index contributed by atoms with van der Waals surface area (Å²) in [6.07, 6.45) is 1.83. The van der Waals surface area contributed by atoms with Crippen LogP contribution < -0.4 is 5.43 Å². The third kappa shape index (κ3) is 3.02. The monoisotopic (exact) mass is 314 g/mol. The standard InChI is InChI=1S/C17H18N2O4/c1-3-23-16(21)9-14-17(22)13-7-4-11(10(2)20)8-15(13)19(18-14)12-5-6-12/h4,7-8,12H,3,5-6,9H2,1-2H3. The Morgan fingerprint density at radius 2 is 2.09 bits per heavy atom. The maximum absolute atomic E-state index is 12.6. The summed E-state index contributed by atoms with van der Waals surface area (Å²) in [6.45, 7) is 3.48. The van der Waals surface area contributed by atoms with E-state index >= 15 is 0 Å². The normalized spacial score (nSPS) is 14.0. The maximum Gasteiger partial charge on any atom is 0.312 e. The molecule has 1 saturated carbocycles. The van der Waals surface area contributed by atoms with Crippen LogP contribution in [0.15, 0.2) is 23.0 Å². The van der Waals surface area contributed by atoms with Gasteiger partial charge in [-0.1, -0.05) is 6.07 Å². The zero-order chi connectivity index (χ0) is 16.6. The molecule has 1 heterocycles. The van der Waals surface area contributed by atoms with Crippen molar-refractivity contribution in [1.82, 2.24) is 9.78 Å². The topological polar surface area (TPSA) is 78.3 Å². The van der Waals surface area contributed by atoms with Crippen LogP contribution in [-0.2, 0) is 16.0 Å². The van der Waals surface area contributed by atoms with Gasteiger partial charge in [-0.15, -0.1) is 0 Å². The van der Waals surface area contributed by atoms with Gasteiger partial charge in [0, 0.05) is 10.9 Å². The number of hydrogen-bond acceptors (Lipinski definition) is 5. The van der Waals surface area contributed by atoms with Crippen LogP contribution in [0, 0.1) is 0 Å². The number of ketones is 1. The van der Waals surface area contributed by atoms with Gasteiger partial charge in [-0.3, -0.25) is 19.1 Å². The number of ether oxygens (including phenoxy) is 1. The fourth-order valence-electron chi connectivity index (χ4n) is 2.58. The summed E-state index contributed by atoms with van der Waals surface area (Å²) >= 11 is 0. The minimum absolute atomic E-state index is 0.0581. The molecule has 0 spiro atoms. The van der Waals surface area contributed by atoms with Crippen LogP contribution in [0.25, 0.3) is 10.9 Å². The lowest BCUT2D eigenvalue weighted by atomic mass is 10.1. The Bertz CT molecular complexity index is 850. The van der Waals surface area contributed by atoms with Crippen LogP contribution in [0.4, 0.5) is 0 Å². The first-order valence-corrected chi connectivity index (χ1v) is 7.73. The van der Waals surface area contributed by atoms with Crippen molar-refractivity contribution in [2.75, 3.05) is 6.61 Å². The predicted molar refractivity (Wildman–Crippen MR) is 84.6 cm³/mol. The second-order valence-electron chi connectivity index (χ2n) is 5.72. The molecule has 0 radical (unpaired) electrons. The molecule has 1 aliphatic rings. The van der Waals surface area contributed by atoms with Gasteiger partial charge in [0.05, 0.1) is 24.6 Å². The number of rotatable bonds is 5. The van der Waals surface area contributed by atoms with Crippen LogP contribution in [0.2, 0.25) is 0 Å². The molecule has 0 atom stereocenters. The van der Waals surface area contributed by atoms with Gasteiger partial charge in [0.2, 0.25) is 5.43 Å². The number of benzene rings is 1. The zero-order valence-corrected chi connectivity index (χ0v) is 13.2. The number of nitrogens with zero attached hydrogens (tertiary/aromatic N) is 2. The molecule has 6 heteroatoms. The Morgan fingerprint density at radius 3 is 2.70 bits per heavy atom. The van der Waals surface area contributed by atoms with E-state index in [9.17, 15) is 14.4 Å². The maximum atomic E-state index is 12.6. The molecule has 1 aliphatic carbocycles. The van der Waals surface area contributed by atoms with Gasteiger partial charge in [0.25, 0.3) is 0 Å². The van der Waals surface area contributed by atoms with Crippen molar-refractivity contribution >= 4 is 22.7 Å². The molecule has 120 valence electrons. The largest absolute Gasteiger partial charge is 0.466 e. The smallest absolute Gasteiger partial charge is 0.312 e. The van der Waals surface area contributed by atoms with Crippen molar-refractivity contribution in [1.29, 1.82) is 0 Å². The molecule has 0 N–H and O–H groups in total. The average Bonchev–Trinajstić information content (AvgIpc) is 3.34. The van der Waals surface area contributed by atoms with Gasteiger partial charge in [-0.2, -0.15) is 5.10 Å².